The van der Waals surface area contributed by atoms with E-state index in [9.17, 15) is 0 Å². The number of rotatable bonds is 3. The van der Waals surface area contributed by atoms with E-state index >= 15 is 0 Å². The molecule has 0 aliphatic carbocycles. The smallest absolute Gasteiger partial charge is 0.147 e. The third-order valence-corrected chi connectivity index (χ3v) is 3.55. The average molecular weight is 286 g/mol. The van der Waals surface area contributed by atoms with Crippen LogP contribution in [0.4, 0.5) is 5.69 Å². The fraction of sp³-hybridized carbons (Fsp3) is 0.500. The Balaban J connectivity index is 1.86. The molecule has 2 rings (SSSR count). The van der Waals surface area contributed by atoms with Crippen LogP contribution in [-0.4, -0.2) is 26.0 Å². The van der Waals surface area contributed by atoms with Crippen molar-refractivity contribution in [1.82, 2.24) is 0 Å². The van der Waals surface area contributed by atoms with Gasteiger partial charge in [-0.3, -0.25) is 0 Å². The van der Waals surface area contributed by atoms with Gasteiger partial charge in [0.25, 0.3) is 0 Å². The van der Waals surface area contributed by atoms with Gasteiger partial charge in [0.15, 0.2) is 0 Å². The van der Waals surface area contributed by atoms with Crippen LogP contribution in [0.1, 0.15) is 12.0 Å². The van der Waals surface area contributed by atoms with E-state index in [2.05, 4.69) is 46.4 Å². The highest BCUT2D eigenvalue weighted by Crippen LogP contribution is 2.20. The fourth-order valence-electron chi connectivity index (χ4n) is 1.65. The van der Waals surface area contributed by atoms with Gasteiger partial charge >= 0.3 is 0 Å². The third-order valence-electron chi connectivity index (χ3n) is 2.66. The summed E-state index contributed by atoms with van der Waals surface area (Å²) >= 11 is 3.49. The van der Waals surface area contributed by atoms with Crippen molar-refractivity contribution in [1.29, 1.82) is 0 Å². The maximum Gasteiger partial charge on any atom is 0.147 e. The lowest BCUT2D eigenvalue weighted by atomic mass is 10.2. The lowest BCUT2D eigenvalue weighted by molar-refractivity contribution is -0.133. The molecule has 1 fully saturated rings. The zero-order valence-corrected chi connectivity index (χ0v) is 10.9. The summed E-state index contributed by atoms with van der Waals surface area (Å²) in [5.74, 6) is 0. The van der Waals surface area contributed by atoms with Crippen molar-refractivity contribution in [2.75, 3.05) is 25.3 Å². The maximum atomic E-state index is 5.46. The van der Waals surface area contributed by atoms with Crippen LogP contribution >= 0.6 is 15.9 Å². The van der Waals surface area contributed by atoms with Crippen molar-refractivity contribution in [2.24, 2.45) is 0 Å². The van der Waals surface area contributed by atoms with Crippen molar-refractivity contribution in [3.05, 3.63) is 28.2 Å². The normalized spacial score (nSPS) is 20.8. The van der Waals surface area contributed by atoms with Gasteiger partial charge in [-0.25, -0.2) is 0 Å². The van der Waals surface area contributed by atoms with E-state index in [1.165, 1.54) is 5.56 Å². The van der Waals surface area contributed by atoms with Crippen molar-refractivity contribution in [3.63, 3.8) is 0 Å². The second kappa shape index (κ2) is 5.66. The highest BCUT2D eigenvalue weighted by atomic mass is 79.9. The van der Waals surface area contributed by atoms with E-state index < -0.39 is 0 Å². The van der Waals surface area contributed by atoms with Gasteiger partial charge in [0.2, 0.25) is 0 Å². The Hall–Kier alpha value is -0.580. The van der Waals surface area contributed by atoms with E-state index in [0.717, 1.165) is 29.7 Å². The number of halogens is 1. The average Bonchev–Trinajstić information content (AvgIpc) is 2.32. The van der Waals surface area contributed by atoms with Gasteiger partial charge in [0, 0.05) is 16.7 Å². The predicted octanol–water partition coefficient (Wildman–Crippen LogP) is 2.93. The molecule has 3 nitrogen and oxygen atoms in total. The Morgan fingerprint density at radius 2 is 2.38 bits per heavy atom. The first kappa shape index (κ1) is 11.9. The van der Waals surface area contributed by atoms with Gasteiger partial charge in [0.05, 0.1) is 12.7 Å². The Morgan fingerprint density at radius 1 is 1.50 bits per heavy atom. The van der Waals surface area contributed by atoms with Gasteiger partial charge in [-0.15, -0.1) is 0 Å². The first-order chi connectivity index (χ1) is 7.75. The summed E-state index contributed by atoms with van der Waals surface area (Å²) in [5.41, 5.74) is 2.37. The van der Waals surface area contributed by atoms with Crippen molar-refractivity contribution < 1.29 is 9.47 Å². The summed E-state index contributed by atoms with van der Waals surface area (Å²) in [6, 6.07) is 6.25. The number of hydrogen-bond acceptors (Lipinski definition) is 3. The molecule has 4 heteroatoms. The second-order valence-electron chi connectivity index (χ2n) is 3.95. The summed E-state index contributed by atoms with van der Waals surface area (Å²) in [6.07, 6.45) is 1.22. The largest absolute Gasteiger partial charge is 0.382 e. The molecule has 1 atom stereocenters. The number of anilines is 1. The predicted molar refractivity (Wildman–Crippen MR) is 67.7 cm³/mol. The molecule has 0 saturated carbocycles. The summed E-state index contributed by atoms with van der Waals surface area (Å²) < 4.78 is 11.7. The minimum absolute atomic E-state index is 0.262. The van der Waals surface area contributed by atoms with Gasteiger partial charge < -0.3 is 14.8 Å². The molecule has 1 aromatic carbocycles. The summed E-state index contributed by atoms with van der Waals surface area (Å²) in [4.78, 5) is 0. The number of aryl methyl sites for hydroxylation is 1. The molecule has 0 bridgehead atoms. The first-order valence-electron chi connectivity index (χ1n) is 5.45. The zero-order valence-electron chi connectivity index (χ0n) is 9.33. The van der Waals surface area contributed by atoms with Crippen LogP contribution in [0.25, 0.3) is 0 Å². The van der Waals surface area contributed by atoms with Crippen molar-refractivity contribution >= 4 is 21.6 Å². The standard InChI is InChI=1S/C12H16BrNO2/c1-9-6-10(2-3-12(9)13)14-7-11-4-5-15-8-16-11/h2-3,6,11,14H,4-5,7-8H2,1H3. The summed E-state index contributed by atoms with van der Waals surface area (Å²) in [7, 11) is 0. The topological polar surface area (TPSA) is 30.5 Å². The van der Waals surface area contributed by atoms with Crippen LogP contribution in [-0.2, 0) is 9.47 Å². The molecule has 1 aliphatic heterocycles. The molecule has 1 N–H and O–H groups in total. The van der Waals surface area contributed by atoms with Crippen LogP contribution in [0.15, 0.2) is 22.7 Å². The van der Waals surface area contributed by atoms with Crippen LogP contribution in [0.3, 0.4) is 0 Å². The van der Waals surface area contributed by atoms with Gasteiger partial charge in [0.1, 0.15) is 6.79 Å². The minimum Gasteiger partial charge on any atom is -0.382 e. The molecular formula is C12H16BrNO2. The van der Waals surface area contributed by atoms with E-state index in [1.54, 1.807) is 0 Å². The number of benzene rings is 1. The molecule has 0 aromatic heterocycles. The SMILES string of the molecule is Cc1cc(NCC2CCOCO2)ccc1Br. The first-order valence-corrected chi connectivity index (χ1v) is 6.24. The number of hydrogen-bond donors (Lipinski definition) is 1. The van der Waals surface area contributed by atoms with Crippen LogP contribution in [0, 0.1) is 6.92 Å². The summed E-state index contributed by atoms with van der Waals surface area (Å²) in [5, 5.41) is 3.38. The lowest BCUT2D eigenvalue weighted by Gasteiger charge is -2.23. The second-order valence-corrected chi connectivity index (χ2v) is 4.80. The molecule has 0 amide bonds. The fourth-order valence-corrected chi connectivity index (χ4v) is 1.90. The Bertz CT molecular complexity index is 351. The zero-order chi connectivity index (χ0) is 11.4. The Kier molecular flexibility index (Phi) is 4.21. The quantitative estimate of drug-likeness (QED) is 0.926. The van der Waals surface area contributed by atoms with Gasteiger partial charge in [-0.2, -0.15) is 0 Å². The number of nitrogens with one attached hydrogen (secondary N) is 1. The molecule has 1 unspecified atom stereocenters. The lowest BCUT2D eigenvalue weighted by Crippen LogP contribution is -2.30. The molecule has 16 heavy (non-hydrogen) atoms. The molecule has 1 aromatic rings. The van der Waals surface area contributed by atoms with E-state index in [0.29, 0.717) is 6.79 Å². The van der Waals surface area contributed by atoms with Crippen molar-refractivity contribution in [3.8, 4) is 0 Å². The van der Waals surface area contributed by atoms with Gasteiger partial charge in [-0.05, 0) is 37.1 Å². The van der Waals surface area contributed by atoms with E-state index in [1.807, 2.05) is 0 Å². The highest BCUT2D eigenvalue weighted by Gasteiger charge is 2.13. The van der Waals surface area contributed by atoms with Crippen LogP contribution < -0.4 is 5.32 Å². The van der Waals surface area contributed by atoms with E-state index in [4.69, 9.17) is 9.47 Å². The van der Waals surface area contributed by atoms with Crippen LogP contribution in [0.5, 0.6) is 0 Å². The van der Waals surface area contributed by atoms with E-state index in [-0.39, 0.29) is 6.10 Å². The molecule has 88 valence electrons. The Labute approximate surface area is 104 Å². The van der Waals surface area contributed by atoms with Crippen molar-refractivity contribution in [2.45, 2.75) is 19.4 Å². The van der Waals surface area contributed by atoms with Crippen LogP contribution in [0.2, 0.25) is 0 Å². The molecule has 1 saturated heterocycles. The molecule has 0 spiro atoms. The molecule has 1 heterocycles. The third kappa shape index (κ3) is 3.20. The molecular weight excluding hydrogens is 270 g/mol. The molecule has 1 aliphatic rings. The summed E-state index contributed by atoms with van der Waals surface area (Å²) in [6.45, 7) is 4.14. The maximum absolute atomic E-state index is 5.46. The Morgan fingerprint density at radius 3 is 3.06 bits per heavy atom. The number of ether oxygens (including phenoxy) is 2. The monoisotopic (exact) mass is 285 g/mol. The van der Waals surface area contributed by atoms with Gasteiger partial charge in [-0.1, -0.05) is 15.9 Å². The highest BCUT2D eigenvalue weighted by molar-refractivity contribution is 9.10. The minimum atomic E-state index is 0.262. The molecule has 0 radical (unpaired) electrons.